The van der Waals surface area contributed by atoms with Crippen LogP contribution in [0.2, 0.25) is 0 Å². The smallest absolute Gasteiger partial charge is 0.317 e. The molecule has 1 aliphatic rings. The Morgan fingerprint density at radius 2 is 2.16 bits per heavy atom. The molecule has 1 fully saturated rings. The lowest BCUT2D eigenvalue weighted by molar-refractivity contribution is 0.0804. The number of carbonyl (C=O) groups is 1. The molecular formula is C14H29N3O2. The van der Waals surface area contributed by atoms with Gasteiger partial charge in [0, 0.05) is 25.7 Å². The van der Waals surface area contributed by atoms with Crippen molar-refractivity contribution in [3.63, 3.8) is 0 Å². The summed E-state index contributed by atoms with van der Waals surface area (Å²) >= 11 is 0. The van der Waals surface area contributed by atoms with Crippen molar-refractivity contribution in [1.29, 1.82) is 0 Å². The molecule has 0 aromatic heterocycles. The second kappa shape index (κ2) is 6.57. The molecule has 0 aromatic rings. The number of nitrogens with zero attached hydrogens (tertiary/aromatic N) is 2. The first kappa shape index (κ1) is 16.2. The maximum atomic E-state index is 12.2. The Morgan fingerprint density at radius 1 is 1.53 bits per heavy atom. The van der Waals surface area contributed by atoms with E-state index in [0.29, 0.717) is 6.54 Å². The summed E-state index contributed by atoms with van der Waals surface area (Å²) in [5.74, 6) is 0. The van der Waals surface area contributed by atoms with Crippen LogP contribution in [0, 0.1) is 5.41 Å². The first-order valence-corrected chi connectivity index (χ1v) is 7.10. The van der Waals surface area contributed by atoms with Crippen LogP contribution in [0.1, 0.15) is 33.6 Å². The lowest BCUT2D eigenvalue weighted by Crippen LogP contribution is -2.53. The lowest BCUT2D eigenvalue weighted by Gasteiger charge is -2.37. The van der Waals surface area contributed by atoms with Gasteiger partial charge >= 0.3 is 6.03 Å². The average Bonchev–Trinajstić information content (AvgIpc) is 2.27. The highest BCUT2D eigenvalue weighted by Gasteiger charge is 2.30. The van der Waals surface area contributed by atoms with Crippen molar-refractivity contribution in [2.24, 2.45) is 5.41 Å². The molecular weight excluding hydrogens is 242 g/mol. The Hall–Kier alpha value is -0.810. The van der Waals surface area contributed by atoms with E-state index in [4.69, 9.17) is 0 Å². The van der Waals surface area contributed by atoms with E-state index in [1.807, 2.05) is 21.0 Å². The molecule has 1 saturated heterocycles. The summed E-state index contributed by atoms with van der Waals surface area (Å²) < 4.78 is 0. The van der Waals surface area contributed by atoms with Crippen molar-refractivity contribution in [3.05, 3.63) is 0 Å². The van der Waals surface area contributed by atoms with Crippen molar-refractivity contribution < 1.29 is 9.90 Å². The first-order valence-electron chi connectivity index (χ1n) is 7.10. The second-order valence-electron chi connectivity index (χ2n) is 6.64. The zero-order chi connectivity index (χ0) is 14.6. The topological polar surface area (TPSA) is 55.8 Å². The number of nitrogens with one attached hydrogen (secondary N) is 1. The maximum absolute atomic E-state index is 12.2. The maximum Gasteiger partial charge on any atom is 0.317 e. The van der Waals surface area contributed by atoms with Crippen LogP contribution >= 0.6 is 0 Å². The molecule has 0 bridgehead atoms. The number of amides is 2. The van der Waals surface area contributed by atoms with E-state index in [1.54, 1.807) is 4.90 Å². The molecule has 2 amide bonds. The van der Waals surface area contributed by atoms with Gasteiger partial charge in [-0.1, -0.05) is 13.8 Å². The fourth-order valence-corrected chi connectivity index (χ4v) is 2.56. The fraction of sp³-hybridized carbons (Fsp3) is 0.929. The number of aliphatic hydroxyl groups excluding tert-OH is 1. The molecule has 112 valence electrons. The van der Waals surface area contributed by atoms with Crippen LogP contribution in [0.3, 0.4) is 0 Å². The minimum absolute atomic E-state index is 0.00750. The van der Waals surface area contributed by atoms with Crippen LogP contribution in [0.25, 0.3) is 0 Å². The summed E-state index contributed by atoms with van der Waals surface area (Å²) in [7, 11) is 4.08. The summed E-state index contributed by atoms with van der Waals surface area (Å²) in [4.78, 5) is 16.0. The van der Waals surface area contributed by atoms with Gasteiger partial charge in [-0.05, 0) is 39.3 Å². The van der Waals surface area contributed by atoms with Gasteiger partial charge in [0.1, 0.15) is 0 Å². The average molecular weight is 271 g/mol. The molecule has 5 nitrogen and oxygen atoms in total. The number of piperidine rings is 1. The standard InChI is InChI=1S/C14H29N3O2/c1-11(14(2,3)10-16(4)5)15-13(19)17-8-6-7-12(18)9-17/h11-12,18H,6-10H2,1-5H3,(H,15,19)/t11-,12+/m1/s1. The number of β-amino-alcohol motifs (C(OH)–C–C–N with tert-alkyl or cyclic N) is 1. The van der Waals surface area contributed by atoms with Crippen LogP contribution in [0.5, 0.6) is 0 Å². The summed E-state index contributed by atoms with van der Waals surface area (Å²) in [6.45, 7) is 8.46. The van der Waals surface area contributed by atoms with Gasteiger partial charge < -0.3 is 20.2 Å². The van der Waals surface area contributed by atoms with E-state index >= 15 is 0 Å². The van der Waals surface area contributed by atoms with E-state index in [2.05, 4.69) is 24.1 Å². The van der Waals surface area contributed by atoms with Crippen LogP contribution in [0.4, 0.5) is 4.79 Å². The highest BCUT2D eigenvalue weighted by molar-refractivity contribution is 5.74. The van der Waals surface area contributed by atoms with Gasteiger partial charge in [0.2, 0.25) is 0 Å². The minimum Gasteiger partial charge on any atom is -0.391 e. The highest BCUT2D eigenvalue weighted by atomic mass is 16.3. The molecule has 0 unspecified atom stereocenters. The van der Waals surface area contributed by atoms with Crippen LogP contribution in [0.15, 0.2) is 0 Å². The lowest BCUT2D eigenvalue weighted by atomic mass is 9.85. The Balaban J connectivity index is 2.51. The zero-order valence-corrected chi connectivity index (χ0v) is 12.9. The molecule has 0 radical (unpaired) electrons. The third-order valence-corrected chi connectivity index (χ3v) is 3.92. The summed E-state index contributed by atoms with van der Waals surface area (Å²) in [6.07, 6.45) is 1.31. The SMILES string of the molecule is C[C@@H](NC(=O)N1CCC[C@H](O)C1)C(C)(C)CN(C)C. The molecule has 19 heavy (non-hydrogen) atoms. The van der Waals surface area contributed by atoms with Crippen molar-refractivity contribution in [3.8, 4) is 0 Å². The molecule has 5 heteroatoms. The van der Waals surface area contributed by atoms with Gasteiger partial charge in [0.05, 0.1) is 6.10 Å². The van der Waals surface area contributed by atoms with Crippen molar-refractivity contribution in [1.82, 2.24) is 15.1 Å². The number of urea groups is 1. The Kier molecular flexibility index (Phi) is 5.62. The van der Waals surface area contributed by atoms with Crippen molar-refractivity contribution in [2.75, 3.05) is 33.7 Å². The normalized spacial score (nSPS) is 22.5. The third kappa shape index (κ3) is 4.99. The molecule has 0 spiro atoms. The van der Waals surface area contributed by atoms with Crippen molar-refractivity contribution in [2.45, 2.75) is 45.8 Å². The molecule has 1 rings (SSSR count). The number of hydrogen-bond donors (Lipinski definition) is 2. The number of aliphatic hydroxyl groups is 1. The predicted molar refractivity (Wildman–Crippen MR) is 77.1 cm³/mol. The van der Waals surface area contributed by atoms with Crippen LogP contribution in [-0.4, -0.2) is 66.8 Å². The second-order valence-corrected chi connectivity index (χ2v) is 6.64. The largest absolute Gasteiger partial charge is 0.391 e. The van der Waals surface area contributed by atoms with E-state index in [9.17, 15) is 9.90 Å². The quantitative estimate of drug-likeness (QED) is 0.806. The number of hydrogen-bond acceptors (Lipinski definition) is 3. The molecule has 2 N–H and O–H groups in total. The third-order valence-electron chi connectivity index (χ3n) is 3.92. The zero-order valence-electron chi connectivity index (χ0n) is 12.9. The van der Waals surface area contributed by atoms with E-state index in [0.717, 1.165) is 25.9 Å². The Morgan fingerprint density at radius 3 is 2.68 bits per heavy atom. The summed E-state index contributed by atoms with van der Waals surface area (Å²) in [6, 6.07) is 0.0274. The van der Waals surface area contributed by atoms with Gasteiger partial charge in [-0.25, -0.2) is 4.79 Å². The molecule has 0 saturated carbocycles. The van der Waals surface area contributed by atoms with Crippen LogP contribution in [-0.2, 0) is 0 Å². The van der Waals surface area contributed by atoms with E-state index in [-0.39, 0.29) is 23.6 Å². The van der Waals surface area contributed by atoms with Gasteiger partial charge in [-0.15, -0.1) is 0 Å². The van der Waals surface area contributed by atoms with E-state index in [1.165, 1.54) is 0 Å². The van der Waals surface area contributed by atoms with Gasteiger partial charge in [-0.2, -0.15) is 0 Å². The first-order chi connectivity index (χ1) is 8.72. The van der Waals surface area contributed by atoms with Crippen LogP contribution < -0.4 is 5.32 Å². The molecule has 1 aliphatic heterocycles. The predicted octanol–water partition coefficient (Wildman–Crippen LogP) is 1.13. The Bertz CT molecular complexity index is 305. The molecule has 0 aromatic carbocycles. The number of likely N-dealkylation sites (tertiary alicyclic amines) is 1. The molecule has 1 heterocycles. The molecule has 0 aliphatic carbocycles. The minimum atomic E-state index is -0.371. The van der Waals surface area contributed by atoms with Gasteiger partial charge in [-0.3, -0.25) is 0 Å². The van der Waals surface area contributed by atoms with Gasteiger partial charge in [0.25, 0.3) is 0 Å². The van der Waals surface area contributed by atoms with Crippen molar-refractivity contribution >= 4 is 6.03 Å². The summed E-state index contributed by atoms with van der Waals surface area (Å²) in [5, 5.41) is 12.7. The monoisotopic (exact) mass is 271 g/mol. The number of carbonyl (C=O) groups excluding carboxylic acids is 1. The number of rotatable bonds is 4. The summed E-state index contributed by atoms with van der Waals surface area (Å²) in [5.41, 5.74) is 0.00750. The highest BCUT2D eigenvalue weighted by Crippen LogP contribution is 2.21. The Labute approximate surface area is 117 Å². The van der Waals surface area contributed by atoms with Gasteiger partial charge in [0.15, 0.2) is 0 Å². The molecule has 2 atom stereocenters. The fourth-order valence-electron chi connectivity index (χ4n) is 2.56. The van der Waals surface area contributed by atoms with E-state index < -0.39 is 0 Å².